The Balaban J connectivity index is 1.86. The number of benzene rings is 1. The van der Waals surface area contributed by atoms with E-state index in [-0.39, 0.29) is 0 Å². The highest BCUT2D eigenvalue weighted by Gasteiger charge is 2.13. The molecule has 1 aromatic rings. The van der Waals surface area contributed by atoms with Gasteiger partial charge in [-0.05, 0) is 56.1 Å². The Morgan fingerprint density at radius 2 is 1.89 bits per heavy atom. The average Bonchev–Trinajstić information content (AvgIpc) is 2.34. The SMILES string of the molecule is Cc1cc(C)c(CNCC2CCCCS2)c(C)c1. The molecule has 1 aliphatic heterocycles. The number of rotatable bonds is 4. The summed E-state index contributed by atoms with van der Waals surface area (Å²) in [6.07, 6.45) is 4.23. The standard InChI is InChI=1S/C16H25NS/c1-12-8-13(2)16(14(3)9-12)11-17-10-15-6-4-5-7-18-15/h8-9,15,17H,4-7,10-11H2,1-3H3. The Hall–Kier alpha value is -0.470. The second-order valence-corrected chi connectivity index (χ2v) is 6.91. The van der Waals surface area contributed by atoms with Gasteiger partial charge in [0.05, 0.1) is 0 Å². The molecular weight excluding hydrogens is 238 g/mol. The van der Waals surface area contributed by atoms with Crippen molar-refractivity contribution in [3.8, 4) is 0 Å². The number of nitrogens with one attached hydrogen (secondary N) is 1. The zero-order valence-electron chi connectivity index (χ0n) is 11.9. The summed E-state index contributed by atoms with van der Waals surface area (Å²) in [5, 5.41) is 4.49. The zero-order valence-corrected chi connectivity index (χ0v) is 12.7. The van der Waals surface area contributed by atoms with Gasteiger partial charge < -0.3 is 5.32 Å². The van der Waals surface area contributed by atoms with E-state index in [0.29, 0.717) is 0 Å². The lowest BCUT2D eigenvalue weighted by molar-refractivity contribution is 0.596. The monoisotopic (exact) mass is 263 g/mol. The summed E-state index contributed by atoms with van der Waals surface area (Å²) in [5.74, 6) is 1.36. The fourth-order valence-corrected chi connectivity index (χ4v) is 4.09. The van der Waals surface area contributed by atoms with Crippen LogP contribution in [0.15, 0.2) is 12.1 Å². The van der Waals surface area contributed by atoms with Crippen molar-refractivity contribution < 1.29 is 0 Å². The van der Waals surface area contributed by atoms with E-state index in [0.717, 1.165) is 18.3 Å². The van der Waals surface area contributed by atoms with E-state index in [9.17, 15) is 0 Å². The van der Waals surface area contributed by atoms with E-state index >= 15 is 0 Å². The van der Waals surface area contributed by atoms with Crippen molar-refractivity contribution in [2.75, 3.05) is 12.3 Å². The summed E-state index contributed by atoms with van der Waals surface area (Å²) in [5.41, 5.74) is 5.71. The van der Waals surface area contributed by atoms with Crippen LogP contribution in [0.5, 0.6) is 0 Å². The fraction of sp³-hybridized carbons (Fsp3) is 0.625. The third-order valence-corrected chi connectivity index (χ3v) is 5.19. The van der Waals surface area contributed by atoms with Crippen molar-refractivity contribution in [3.63, 3.8) is 0 Å². The fourth-order valence-electron chi connectivity index (χ4n) is 2.82. The molecule has 0 spiro atoms. The minimum Gasteiger partial charge on any atom is -0.312 e. The summed E-state index contributed by atoms with van der Waals surface area (Å²) in [4.78, 5) is 0. The van der Waals surface area contributed by atoms with Crippen molar-refractivity contribution in [1.82, 2.24) is 5.32 Å². The largest absolute Gasteiger partial charge is 0.312 e. The number of hydrogen-bond acceptors (Lipinski definition) is 2. The lowest BCUT2D eigenvalue weighted by Gasteiger charge is -2.22. The number of thioether (sulfide) groups is 1. The van der Waals surface area contributed by atoms with E-state index in [2.05, 4.69) is 50.0 Å². The van der Waals surface area contributed by atoms with E-state index in [1.165, 1.54) is 47.3 Å². The summed E-state index contributed by atoms with van der Waals surface area (Å²) in [6, 6.07) is 4.58. The predicted molar refractivity (Wildman–Crippen MR) is 82.5 cm³/mol. The minimum absolute atomic E-state index is 0.838. The first-order valence-electron chi connectivity index (χ1n) is 7.06. The van der Waals surface area contributed by atoms with Gasteiger partial charge in [0.15, 0.2) is 0 Å². The maximum Gasteiger partial charge on any atom is 0.0211 e. The molecular formula is C16H25NS. The van der Waals surface area contributed by atoms with Crippen LogP contribution in [0.2, 0.25) is 0 Å². The summed E-state index contributed by atoms with van der Waals surface area (Å²) in [7, 11) is 0. The van der Waals surface area contributed by atoms with Crippen molar-refractivity contribution in [2.24, 2.45) is 0 Å². The Morgan fingerprint density at radius 1 is 1.17 bits per heavy atom. The van der Waals surface area contributed by atoms with Gasteiger partial charge in [-0.15, -0.1) is 0 Å². The summed E-state index contributed by atoms with van der Waals surface area (Å²) >= 11 is 2.15. The van der Waals surface area contributed by atoms with Crippen LogP contribution in [0.1, 0.15) is 41.5 Å². The van der Waals surface area contributed by atoms with Crippen LogP contribution in [-0.4, -0.2) is 17.5 Å². The van der Waals surface area contributed by atoms with Gasteiger partial charge in [-0.1, -0.05) is 24.1 Å². The third-order valence-electron chi connectivity index (χ3n) is 3.79. The van der Waals surface area contributed by atoms with Crippen molar-refractivity contribution >= 4 is 11.8 Å². The molecule has 2 rings (SSSR count). The van der Waals surface area contributed by atoms with Gasteiger partial charge in [0.25, 0.3) is 0 Å². The van der Waals surface area contributed by atoms with E-state index < -0.39 is 0 Å². The lowest BCUT2D eigenvalue weighted by atomic mass is 10.00. The Kier molecular flexibility index (Phi) is 5.13. The molecule has 1 saturated heterocycles. The van der Waals surface area contributed by atoms with Crippen LogP contribution in [0.4, 0.5) is 0 Å². The van der Waals surface area contributed by atoms with Crippen LogP contribution in [0.3, 0.4) is 0 Å². The van der Waals surface area contributed by atoms with Crippen molar-refractivity contribution in [2.45, 2.75) is 51.8 Å². The molecule has 2 heteroatoms. The minimum atomic E-state index is 0.838. The summed E-state index contributed by atoms with van der Waals surface area (Å²) < 4.78 is 0. The molecule has 1 N–H and O–H groups in total. The van der Waals surface area contributed by atoms with Gasteiger partial charge in [0, 0.05) is 18.3 Å². The first-order chi connectivity index (χ1) is 8.66. The molecule has 0 bridgehead atoms. The van der Waals surface area contributed by atoms with E-state index in [1.807, 2.05) is 0 Å². The zero-order chi connectivity index (χ0) is 13.0. The second-order valence-electron chi connectivity index (χ2n) is 5.50. The van der Waals surface area contributed by atoms with Gasteiger partial charge >= 0.3 is 0 Å². The molecule has 1 nitrogen and oxygen atoms in total. The summed E-state index contributed by atoms with van der Waals surface area (Å²) in [6.45, 7) is 8.82. The molecule has 18 heavy (non-hydrogen) atoms. The smallest absolute Gasteiger partial charge is 0.0211 e. The van der Waals surface area contributed by atoms with Crippen LogP contribution >= 0.6 is 11.8 Å². The highest BCUT2D eigenvalue weighted by Crippen LogP contribution is 2.24. The maximum atomic E-state index is 3.65. The topological polar surface area (TPSA) is 12.0 Å². The normalized spacial score (nSPS) is 20.1. The molecule has 0 radical (unpaired) electrons. The molecule has 1 aromatic carbocycles. The van der Waals surface area contributed by atoms with Crippen molar-refractivity contribution in [1.29, 1.82) is 0 Å². The molecule has 1 aliphatic rings. The quantitative estimate of drug-likeness (QED) is 0.881. The molecule has 0 amide bonds. The van der Waals surface area contributed by atoms with Crippen LogP contribution in [-0.2, 0) is 6.54 Å². The Labute approximate surface area is 116 Å². The van der Waals surface area contributed by atoms with Gasteiger partial charge in [-0.3, -0.25) is 0 Å². The van der Waals surface area contributed by atoms with Crippen LogP contribution in [0, 0.1) is 20.8 Å². The molecule has 1 atom stereocenters. The Morgan fingerprint density at radius 3 is 2.50 bits per heavy atom. The van der Waals surface area contributed by atoms with Crippen LogP contribution < -0.4 is 5.32 Å². The van der Waals surface area contributed by atoms with Gasteiger partial charge in [0.2, 0.25) is 0 Å². The third kappa shape index (κ3) is 3.76. The highest BCUT2D eigenvalue weighted by molar-refractivity contribution is 7.99. The highest BCUT2D eigenvalue weighted by atomic mass is 32.2. The molecule has 100 valence electrons. The number of aryl methyl sites for hydroxylation is 3. The second kappa shape index (κ2) is 6.63. The maximum absolute atomic E-state index is 3.65. The molecule has 1 unspecified atom stereocenters. The average molecular weight is 263 g/mol. The molecule has 1 heterocycles. The van der Waals surface area contributed by atoms with Gasteiger partial charge in [-0.25, -0.2) is 0 Å². The molecule has 0 aromatic heterocycles. The van der Waals surface area contributed by atoms with Crippen molar-refractivity contribution in [3.05, 3.63) is 34.4 Å². The van der Waals surface area contributed by atoms with Crippen LogP contribution in [0.25, 0.3) is 0 Å². The predicted octanol–water partition coefficient (Wildman–Crippen LogP) is 3.99. The van der Waals surface area contributed by atoms with E-state index in [4.69, 9.17) is 0 Å². The van der Waals surface area contributed by atoms with Gasteiger partial charge in [-0.2, -0.15) is 11.8 Å². The van der Waals surface area contributed by atoms with Gasteiger partial charge in [0.1, 0.15) is 0 Å². The first kappa shape index (κ1) is 14.0. The number of hydrogen-bond donors (Lipinski definition) is 1. The molecule has 0 aliphatic carbocycles. The van der Waals surface area contributed by atoms with E-state index in [1.54, 1.807) is 0 Å². The Bertz CT molecular complexity index is 371. The first-order valence-corrected chi connectivity index (χ1v) is 8.10. The molecule has 1 fully saturated rings. The molecule has 0 saturated carbocycles. The lowest BCUT2D eigenvalue weighted by Crippen LogP contribution is -2.26.